The molecule has 152 valence electrons. The zero-order valence-corrected chi connectivity index (χ0v) is 16.5. The molecule has 0 aromatic heterocycles. The number of rotatable bonds is 6. The molecule has 0 spiro atoms. The molecule has 0 bridgehead atoms. The van der Waals surface area contributed by atoms with E-state index < -0.39 is 10.0 Å². The van der Waals surface area contributed by atoms with Gasteiger partial charge in [0, 0.05) is 18.3 Å². The van der Waals surface area contributed by atoms with E-state index in [-0.39, 0.29) is 29.3 Å². The summed E-state index contributed by atoms with van der Waals surface area (Å²) in [5, 5.41) is 10.9. The maximum absolute atomic E-state index is 12.6. The molecule has 1 heterocycles. The Hall–Kier alpha value is -2.91. The number of nitrogens with zero attached hydrogens (tertiary/aromatic N) is 1. The second kappa shape index (κ2) is 7.49. The number of nitrogens with two attached hydrogens (primary N) is 1. The van der Waals surface area contributed by atoms with Crippen LogP contribution in [-0.4, -0.2) is 39.4 Å². The number of hydrogen-bond acceptors (Lipinski definition) is 5. The molecule has 1 aliphatic carbocycles. The molecule has 9 heteroatoms. The minimum absolute atomic E-state index is 0.0677. The number of carbonyl (C=O) groups excluding carboxylic acids is 2. The number of primary sulfonamides is 1. The van der Waals surface area contributed by atoms with Crippen molar-refractivity contribution in [3.8, 4) is 0 Å². The van der Waals surface area contributed by atoms with E-state index >= 15 is 0 Å². The second-order valence-electron chi connectivity index (χ2n) is 7.35. The lowest BCUT2D eigenvalue weighted by Gasteiger charge is -2.19. The zero-order valence-electron chi connectivity index (χ0n) is 15.7. The molecule has 1 saturated carbocycles. The van der Waals surface area contributed by atoms with Gasteiger partial charge >= 0.3 is 0 Å². The number of amides is 2. The van der Waals surface area contributed by atoms with E-state index in [0.29, 0.717) is 24.2 Å². The van der Waals surface area contributed by atoms with Crippen LogP contribution in [0.5, 0.6) is 0 Å². The molecule has 0 saturated heterocycles. The van der Waals surface area contributed by atoms with E-state index in [2.05, 4.69) is 10.6 Å². The zero-order chi connectivity index (χ0) is 20.6. The molecule has 1 fully saturated rings. The Morgan fingerprint density at radius 3 is 2.62 bits per heavy atom. The third kappa shape index (κ3) is 4.41. The van der Waals surface area contributed by atoms with Gasteiger partial charge in [0.25, 0.3) is 5.91 Å². The lowest BCUT2D eigenvalue weighted by molar-refractivity contribution is -0.115. The summed E-state index contributed by atoms with van der Waals surface area (Å²) in [6.07, 6.45) is 2.61. The van der Waals surface area contributed by atoms with E-state index in [0.717, 1.165) is 24.1 Å². The Morgan fingerprint density at radius 1 is 1.14 bits per heavy atom. The maximum Gasteiger partial charge on any atom is 0.253 e. The van der Waals surface area contributed by atoms with Gasteiger partial charge in [-0.15, -0.1) is 0 Å². The third-order valence-corrected chi connectivity index (χ3v) is 5.98. The third-order valence-electron chi connectivity index (χ3n) is 5.06. The first-order valence-corrected chi connectivity index (χ1v) is 11.0. The van der Waals surface area contributed by atoms with E-state index in [1.807, 2.05) is 4.90 Å². The van der Waals surface area contributed by atoms with Crippen LogP contribution < -0.4 is 20.7 Å². The lowest BCUT2D eigenvalue weighted by atomic mass is 10.1. The van der Waals surface area contributed by atoms with Gasteiger partial charge in [-0.05, 0) is 55.2 Å². The Labute approximate surface area is 169 Å². The van der Waals surface area contributed by atoms with Crippen LogP contribution in [0.3, 0.4) is 0 Å². The summed E-state index contributed by atoms with van der Waals surface area (Å²) in [5.41, 5.74) is 2.56. The van der Waals surface area contributed by atoms with Crippen LogP contribution in [0.1, 0.15) is 28.8 Å². The number of hydrogen-bond donors (Lipinski definition) is 3. The van der Waals surface area contributed by atoms with Crippen LogP contribution in [-0.2, 0) is 21.2 Å². The predicted octanol–water partition coefficient (Wildman–Crippen LogP) is 1.23. The molecule has 0 unspecified atom stereocenters. The first-order chi connectivity index (χ1) is 13.8. The summed E-state index contributed by atoms with van der Waals surface area (Å²) < 4.78 is 23.0. The van der Waals surface area contributed by atoms with Crippen LogP contribution in [0.25, 0.3) is 0 Å². The summed E-state index contributed by atoms with van der Waals surface area (Å²) in [7, 11) is -3.76. The number of fused-ring (bicyclic) bond motifs is 1. The highest BCUT2D eigenvalue weighted by Gasteiger charge is 2.26. The Kier molecular flexibility index (Phi) is 5.01. The second-order valence-corrected chi connectivity index (χ2v) is 8.91. The van der Waals surface area contributed by atoms with E-state index in [1.165, 1.54) is 6.07 Å². The van der Waals surface area contributed by atoms with E-state index in [1.54, 1.807) is 36.4 Å². The minimum atomic E-state index is -3.76. The molecule has 2 amide bonds. The Balaban J connectivity index is 1.45. The normalized spacial score (nSPS) is 15.7. The van der Waals surface area contributed by atoms with Gasteiger partial charge in [-0.25, -0.2) is 13.6 Å². The minimum Gasteiger partial charge on any atom is -0.362 e. The molecule has 1 aliphatic heterocycles. The average Bonchev–Trinajstić information content (AvgIpc) is 3.40. The average molecular weight is 414 g/mol. The quantitative estimate of drug-likeness (QED) is 0.656. The maximum atomic E-state index is 12.6. The fourth-order valence-corrected chi connectivity index (χ4v) is 4.00. The highest BCUT2D eigenvalue weighted by molar-refractivity contribution is 7.89. The predicted molar refractivity (Wildman–Crippen MR) is 109 cm³/mol. The molecule has 0 atom stereocenters. The molecule has 2 aromatic rings. The Morgan fingerprint density at radius 2 is 1.90 bits per heavy atom. The van der Waals surface area contributed by atoms with Crippen molar-refractivity contribution in [1.29, 1.82) is 0 Å². The summed E-state index contributed by atoms with van der Waals surface area (Å²) in [6, 6.07) is 11.8. The monoisotopic (exact) mass is 414 g/mol. The Bertz CT molecular complexity index is 1080. The van der Waals surface area contributed by atoms with Gasteiger partial charge < -0.3 is 15.5 Å². The highest BCUT2D eigenvalue weighted by atomic mass is 32.2. The van der Waals surface area contributed by atoms with Gasteiger partial charge in [0.15, 0.2) is 0 Å². The van der Waals surface area contributed by atoms with Crippen molar-refractivity contribution in [2.75, 3.05) is 23.3 Å². The van der Waals surface area contributed by atoms with E-state index in [9.17, 15) is 18.0 Å². The van der Waals surface area contributed by atoms with Gasteiger partial charge in [-0.2, -0.15) is 0 Å². The van der Waals surface area contributed by atoms with Gasteiger partial charge in [-0.1, -0.05) is 12.1 Å². The van der Waals surface area contributed by atoms with Crippen molar-refractivity contribution in [3.63, 3.8) is 0 Å². The molecule has 2 aromatic carbocycles. The number of anilines is 2. The highest BCUT2D eigenvalue weighted by Crippen LogP contribution is 2.30. The number of carbonyl (C=O) groups is 2. The van der Waals surface area contributed by atoms with Crippen LogP contribution in [0.15, 0.2) is 47.4 Å². The smallest absolute Gasteiger partial charge is 0.253 e. The van der Waals surface area contributed by atoms with Crippen molar-refractivity contribution < 1.29 is 18.0 Å². The largest absolute Gasteiger partial charge is 0.362 e. The topological polar surface area (TPSA) is 122 Å². The molecule has 29 heavy (non-hydrogen) atoms. The standard InChI is InChI=1S/C20H22N4O4S/c21-29(27,28)15-7-8-18-13(11-15)9-10-24(18)12-19(25)23-17-4-2-1-3-16(17)20(26)22-14-5-6-14/h1-4,7-8,11,14H,5-6,9-10,12H2,(H,22,26)(H,23,25)(H2,21,27,28). The number of para-hydroxylation sites is 1. The SMILES string of the molecule is NS(=O)(=O)c1ccc2c(c1)CCN2CC(=O)Nc1ccccc1C(=O)NC1CC1. The lowest BCUT2D eigenvalue weighted by Crippen LogP contribution is -2.33. The van der Waals surface area contributed by atoms with Crippen molar-refractivity contribution >= 4 is 33.2 Å². The molecular formula is C20H22N4O4S. The summed E-state index contributed by atoms with van der Waals surface area (Å²) >= 11 is 0. The molecule has 2 aliphatic rings. The molecule has 8 nitrogen and oxygen atoms in total. The number of benzene rings is 2. The van der Waals surface area contributed by atoms with Gasteiger partial charge in [-0.3, -0.25) is 9.59 Å². The van der Waals surface area contributed by atoms with Gasteiger partial charge in [0.05, 0.1) is 22.7 Å². The van der Waals surface area contributed by atoms with Crippen molar-refractivity contribution in [3.05, 3.63) is 53.6 Å². The van der Waals surface area contributed by atoms with Crippen molar-refractivity contribution in [1.82, 2.24) is 5.32 Å². The van der Waals surface area contributed by atoms with Crippen molar-refractivity contribution in [2.24, 2.45) is 5.14 Å². The summed E-state index contributed by atoms with van der Waals surface area (Å²) in [4.78, 5) is 26.9. The number of nitrogens with one attached hydrogen (secondary N) is 2. The fourth-order valence-electron chi connectivity index (χ4n) is 3.43. The molecule has 4 N–H and O–H groups in total. The number of sulfonamides is 1. The van der Waals surface area contributed by atoms with Gasteiger partial charge in [0.1, 0.15) is 0 Å². The van der Waals surface area contributed by atoms with Crippen LogP contribution in [0.2, 0.25) is 0 Å². The van der Waals surface area contributed by atoms with E-state index in [4.69, 9.17) is 5.14 Å². The molecular weight excluding hydrogens is 392 g/mol. The molecule has 4 rings (SSSR count). The van der Waals surface area contributed by atoms with Crippen LogP contribution in [0.4, 0.5) is 11.4 Å². The van der Waals surface area contributed by atoms with Crippen molar-refractivity contribution in [2.45, 2.75) is 30.2 Å². The first kappa shape index (κ1) is 19.4. The van der Waals surface area contributed by atoms with Crippen LogP contribution >= 0.6 is 0 Å². The fraction of sp³-hybridized carbons (Fsp3) is 0.300. The van der Waals surface area contributed by atoms with Crippen LogP contribution in [0, 0.1) is 0 Å². The van der Waals surface area contributed by atoms with Gasteiger partial charge in [0.2, 0.25) is 15.9 Å². The summed E-state index contributed by atoms with van der Waals surface area (Å²) in [6.45, 7) is 0.695. The first-order valence-electron chi connectivity index (χ1n) is 9.42. The molecule has 0 radical (unpaired) electrons. The summed E-state index contributed by atoms with van der Waals surface area (Å²) in [5.74, 6) is -0.439.